The molecule has 0 bridgehead atoms. The highest BCUT2D eigenvalue weighted by Gasteiger charge is 2.51. The van der Waals surface area contributed by atoms with E-state index in [9.17, 15) is 19.8 Å². The lowest BCUT2D eigenvalue weighted by molar-refractivity contribution is -0.151. The van der Waals surface area contributed by atoms with Crippen LogP contribution in [0.2, 0.25) is 0 Å². The summed E-state index contributed by atoms with van der Waals surface area (Å²) >= 11 is 0. The van der Waals surface area contributed by atoms with Crippen LogP contribution < -0.4 is 10.5 Å². The molecule has 4 N–H and O–H groups in total. The van der Waals surface area contributed by atoms with Gasteiger partial charge in [-0.15, -0.1) is 0 Å². The third-order valence-corrected chi connectivity index (χ3v) is 5.50. The van der Waals surface area contributed by atoms with Crippen molar-refractivity contribution in [2.75, 3.05) is 6.61 Å². The van der Waals surface area contributed by atoms with E-state index in [1.807, 2.05) is 0 Å². The van der Waals surface area contributed by atoms with E-state index in [2.05, 4.69) is 0 Å². The van der Waals surface area contributed by atoms with Gasteiger partial charge in [0, 0.05) is 12.1 Å². The van der Waals surface area contributed by atoms with E-state index in [4.69, 9.17) is 10.5 Å². The number of rotatable bonds is 7. The fourth-order valence-electron chi connectivity index (χ4n) is 3.79. The van der Waals surface area contributed by atoms with Crippen molar-refractivity contribution < 1.29 is 24.5 Å². The summed E-state index contributed by atoms with van der Waals surface area (Å²) in [6.45, 7) is 2.26. The fourth-order valence-corrected chi connectivity index (χ4v) is 3.79. The molecule has 3 rings (SSSR count). The van der Waals surface area contributed by atoms with Crippen LogP contribution in [-0.2, 0) is 21.5 Å². The zero-order chi connectivity index (χ0) is 18.9. The van der Waals surface area contributed by atoms with Gasteiger partial charge in [-0.2, -0.15) is 0 Å². The van der Waals surface area contributed by atoms with Crippen LogP contribution in [0.3, 0.4) is 0 Å². The molecule has 2 atom stereocenters. The molecule has 2 aliphatic carbocycles. The number of carboxylic acid groups (broad SMARTS) is 2. The number of hydrogen-bond acceptors (Lipinski definition) is 4. The Hall–Kier alpha value is -2.34. The predicted octanol–water partition coefficient (Wildman–Crippen LogP) is 2.70. The molecule has 6 nitrogen and oxygen atoms in total. The molecule has 26 heavy (non-hydrogen) atoms. The van der Waals surface area contributed by atoms with Gasteiger partial charge in [-0.1, -0.05) is 24.3 Å². The smallest absolute Gasteiger partial charge is 0.314 e. The van der Waals surface area contributed by atoms with Crippen molar-refractivity contribution >= 4 is 11.9 Å². The summed E-state index contributed by atoms with van der Waals surface area (Å²) in [6.07, 6.45) is 5.65. The molecule has 6 heteroatoms. The van der Waals surface area contributed by atoms with E-state index in [0.29, 0.717) is 29.4 Å². The molecule has 1 aromatic rings. The number of benzene rings is 1. The molecule has 0 heterocycles. The van der Waals surface area contributed by atoms with Crippen molar-refractivity contribution in [2.24, 2.45) is 17.1 Å². The molecule has 2 unspecified atom stereocenters. The highest BCUT2D eigenvalue weighted by Crippen LogP contribution is 2.49. The predicted molar refractivity (Wildman–Crippen MR) is 96.0 cm³/mol. The maximum absolute atomic E-state index is 12.4. The Morgan fingerprint density at radius 1 is 1.27 bits per heavy atom. The van der Waals surface area contributed by atoms with Crippen LogP contribution in [0.25, 0.3) is 0 Å². The first-order valence-corrected chi connectivity index (χ1v) is 8.92. The van der Waals surface area contributed by atoms with Crippen molar-refractivity contribution in [1.29, 1.82) is 0 Å². The second-order valence-electron chi connectivity index (χ2n) is 7.64. The number of ether oxygens (including phenoxy) is 1. The lowest BCUT2D eigenvalue weighted by Crippen LogP contribution is -2.46. The van der Waals surface area contributed by atoms with Crippen LogP contribution in [0, 0.1) is 11.3 Å². The van der Waals surface area contributed by atoms with Crippen LogP contribution in [0.4, 0.5) is 0 Å². The lowest BCUT2D eigenvalue weighted by atomic mass is 9.62. The summed E-state index contributed by atoms with van der Waals surface area (Å²) in [4.78, 5) is 24.2. The molecule has 1 aromatic carbocycles. The van der Waals surface area contributed by atoms with Crippen molar-refractivity contribution in [1.82, 2.24) is 0 Å². The van der Waals surface area contributed by atoms with Gasteiger partial charge in [0.15, 0.2) is 0 Å². The van der Waals surface area contributed by atoms with Crippen molar-refractivity contribution in [2.45, 2.75) is 44.6 Å². The van der Waals surface area contributed by atoms with Gasteiger partial charge in [0.25, 0.3) is 0 Å². The fraction of sp³-hybridized carbons (Fsp3) is 0.500. The number of carbonyl (C=O) groups is 2. The van der Waals surface area contributed by atoms with Gasteiger partial charge < -0.3 is 20.7 Å². The summed E-state index contributed by atoms with van der Waals surface area (Å²) in [6, 6.07) is 5.36. The molecule has 0 saturated heterocycles. The van der Waals surface area contributed by atoms with Crippen molar-refractivity contribution in [3.63, 3.8) is 0 Å². The van der Waals surface area contributed by atoms with Gasteiger partial charge in [0.1, 0.15) is 11.2 Å². The highest BCUT2D eigenvalue weighted by molar-refractivity contribution is 5.87. The Balaban J connectivity index is 2.11. The molecule has 0 spiro atoms. The van der Waals surface area contributed by atoms with Crippen LogP contribution in [0.1, 0.15) is 43.7 Å². The van der Waals surface area contributed by atoms with E-state index in [0.717, 1.165) is 12.8 Å². The number of aliphatic carboxylic acids is 2. The number of carboxylic acids is 2. The molecular formula is C20H25NO5. The molecule has 1 fully saturated rings. The minimum Gasteiger partial charge on any atom is -0.493 e. The monoisotopic (exact) mass is 359 g/mol. The summed E-state index contributed by atoms with van der Waals surface area (Å²) in [5.41, 5.74) is 4.47. The molecule has 0 aromatic heterocycles. The first-order valence-electron chi connectivity index (χ1n) is 8.92. The average molecular weight is 359 g/mol. The van der Waals surface area contributed by atoms with Gasteiger partial charge in [-0.3, -0.25) is 9.59 Å². The third-order valence-electron chi connectivity index (χ3n) is 5.50. The average Bonchev–Trinajstić information content (AvgIpc) is 3.43. The minimum atomic E-state index is -1.38. The first kappa shape index (κ1) is 18.5. The minimum absolute atomic E-state index is 0.0437. The SMILES string of the molecule is CC1(C(=O)O)C=CCC(C(=O)O)(c2c(CN)cccc2OCC2CC2)C1. The topological polar surface area (TPSA) is 110 Å². The molecule has 0 amide bonds. The summed E-state index contributed by atoms with van der Waals surface area (Å²) < 4.78 is 5.97. The van der Waals surface area contributed by atoms with Crippen LogP contribution in [-0.4, -0.2) is 28.8 Å². The second-order valence-corrected chi connectivity index (χ2v) is 7.64. The highest BCUT2D eigenvalue weighted by atomic mass is 16.5. The van der Waals surface area contributed by atoms with Gasteiger partial charge in [0.2, 0.25) is 0 Å². The van der Waals surface area contributed by atoms with E-state index >= 15 is 0 Å². The van der Waals surface area contributed by atoms with E-state index in [1.165, 1.54) is 0 Å². The summed E-state index contributed by atoms with van der Waals surface area (Å²) in [7, 11) is 0. The summed E-state index contributed by atoms with van der Waals surface area (Å²) in [5, 5.41) is 19.8. The molecule has 2 aliphatic rings. The Labute approximate surface area is 152 Å². The maximum atomic E-state index is 12.4. The maximum Gasteiger partial charge on any atom is 0.314 e. The molecule has 0 aliphatic heterocycles. The van der Waals surface area contributed by atoms with Crippen LogP contribution in [0.5, 0.6) is 5.75 Å². The number of nitrogens with two attached hydrogens (primary N) is 1. The number of hydrogen-bond donors (Lipinski definition) is 3. The van der Waals surface area contributed by atoms with Crippen LogP contribution in [0.15, 0.2) is 30.4 Å². The van der Waals surface area contributed by atoms with Crippen molar-refractivity contribution in [3.8, 4) is 5.75 Å². The quantitative estimate of drug-likeness (QED) is 0.646. The van der Waals surface area contributed by atoms with Crippen molar-refractivity contribution in [3.05, 3.63) is 41.5 Å². The molecule has 1 saturated carbocycles. The molecular weight excluding hydrogens is 334 g/mol. The van der Waals surface area contributed by atoms with Gasteiger partial charge in [0.05, 0.1) is 12.0 Å². The zero-order valence-electron chi connectivity index (χ0n) is 14.9. The van der Waals surface area contributed by atoms with Crippen LogP contribution >= 0.6 is 0 Å². The van der Waals surface area contributed by atoms with Gasteiger partial charge in [-0.05, 0) is 50.2 Å². The standard InChI is InChI=1S/C20H25NO5/c1-19(17(22)23)8-3-9-20(12-19,18(24)25)16-14(10-21)4-2-5-15(16)26-11-13-6-7-13/h2-5,8,13H,6-7,9-12,21H2,1H3,(H,22,23)(H,24,25). The largest absolute Gasteiger partial charge is 0.493 e. The van der Waals surface area contributed by atoms with E-state index in [-0.39, 0.29) is 19.4 Å². The Kier molecular flexibility index (Phi) is 4.80. The Bertz CT molecular complexity index is 755. The van der Waals surface area contributed by atoms with E-state index < -0.39 is 22.8 Å². The molecule has 0 radical (unpaired) electrons. The third kappa shape index (κ3) is 3.21. The normalized spacial score (nSPS) is 27.9. The second kappa shape index (κ2) is 6.76. The number of allylic oxidation sites excluding steroid dienone is 1. The zero-order valence-corrected chi connectivity index (χ0v) is 14.9. The molecule has 140 valence electrons. The van der Waals surface area contributed by atoms with E-state index in [1.54, 1.807) is 37.3 Å². The van der Waals surface area contributed by atoms with Gasteiger partial charge >= 0.3 is 11.9 Å². The summed E-state index contributed by atoms with van der Waals surface area (Å²) in [5.74, 6) is -1.07. The Morgan fingerprint density at radius 3 is 2.58 bits per heavy atom. The Morgan fingerprint density at radius 2 is 2.00 bits per heavy atom. The lowest BCUT2D eigenvalue weighted by Gasteiger charge is -2.40. The first-order chi connectivity index (χ1) is 12.3. The van der Waals surface area contributed by atoms with Gasteiger partial charge in [-0.25, -0.2) is 0 Å².